The Morgan fingerprint density at radius 3 is 2.63 bits per heavy atom. The summed E-state index contributed by atoms with van der Waals surface area (Å²) >= 11 is 0. The number of anilines is 1. The lowest BCUT2D eigenvalue weighted by Crippen LogP contribution is -2.33. The van der Waals surface area contributed by atoms with E-state index < -0.39 is 6.10 Å². The Balaban J connectivity index is 2.69. The summed E-state index contributed by atoms with van der Waals surface area (Å²) in [6.07, 6.45) is -0.471. The zero-order valence-electron chi connectivity index (χ0n) is 12.4. The van der Waals surface area contributed by atoms with Gasteiger partial charge in [0.2, 0.25) is 0 Å². The number of aliphatic hydroxyl groups is 1. The first kappa shape index (κ1) is 16.0. The van der Waals surface area contributed by atoms with Crippen LogP contribution in [0.25, 0.3) is 0 Å². The Labute approximate surface area is 116 Å². The summed E-state index contributed by atoms with van der Waals surface area (Å²) in [5, 5.41) is 13.2. The van der Waals surface area contributed by atoms with Crippen LogP contribution in [0.3, 0.4) is 0 Å². The molecule has 1 aromatic carbocycles. The molecule has 0 fully saturated rings. The molecule has 0 heterocycles. The van der Waals surface area contributed by atoms with Gasteiger partial charge in [-0.1, -0.05) is 32.0 Å². The first-order chi connectivity index (χ1) is 9.04. The lowest BCUT2D eigenvalue weighted by molar-refractivity contribution is 0.0695. The molecule has 1 atom stereocenters. The van der Waals surface area contributed by atoms with E-state index in [1.807, 2.05) is 19.2 Å². The highest BCUT2D eigenvalue weighted by atomic mass is 16.5. The second-order valence-corrected chi connectivity index (χ2v) is 5.15. The van der Waals surface area contributed by atoms with Crippen LogP contribution in [0.2, 0.25) is 0 Å². The van der Waals surface area contributed by atoms with Gasteiger partial charge in [0.15, 0.2) is 0 Å². The smallest absolute Gasteiger partial charge is 0.0947 e. The Kier molecular flexibility index (Phi) is 6.84. The molecule has 1 rings (SSSR count). The molecule has 4 heteroatoms. The van der Waals surface area contributed by atoms with Gasteiger partial charge in [-0.2, -0.15) is 0 Å². The third kappa shape index (κ3) is 5.59. The molecule has 19 heavy (non-hydrogen) atoms. The SMILES string of the molecule is COCC(O)CN(C)c1ccccc1CNC(C)C. The number of methoxy groups -OCH3 is 1. The van der Waals surface area contributed by atoms with Gasteiger partial charge in [0.1, 0.15) is 0 Å². The zero-order valence-corrected chi connectivity index (χ0v) is 12.4. The summed E-state index contributed by atoms with van der Waals surface area (Å²) in [5.41, 5.74) is 2.38. The van der Waals surface area contributed by atoms with Crippen molar-refractivity contribution in [2.45, 2.75) is 32.5 Å². The summed E-state index contributed by atoms with van der Waals surface area (Å²) in [5.74, 6) is 0. The van der Waals surface area contributed by atoms with E-state index in [1.165, 1.54) is 5.56 Å². The Morgan fingerprint density at radius 1 is 1.32 bits per heavy atom. The van der Waals surface area contributed by atoms with Gasteiger partial charge in [-0.25, -0.2) is 0 Å². The van der Waals surface area contributed by atoms with Gasteiger partial charge >= 0.3 is 0 Å². The molecule has 4 nitrogen and oxygen atoms in total. The summed E-state index contributed by atoms with van der Waals surface area (Å²) < 4.78 is 4.96. The molecule has 0 radical (unpaired) electrons. The maximum atomic E-state index is 9.81. The fraction of sp³-hybridized carbons (Fsp3) is 0.600. The van der Waals surface area contributed by atoms with Crippen molar-refractivity contribution in [2.75, 3.05) is 32.2 Å². The van der Waals surface area contributed by atoms with E-state index in [4.69, 9.17) is 4.74 Å². The average Bonchev–Trinajstić information content (AvgIpc) is 2.36. The number of nitrogens with zero attached hydrogens (tertiary/aromatic N) is 1. The second kappa shape index (κ2) is 8.15. The van der Waals surface area contributed by atoms with E-state index in [9.17, 15) is 5.11 Å². The molecule has 0 spiro atoms. The van der Waals surface area contributed by atoms with E-state index >= 15 is 0 Å². The highest BCUT2D eigenvalue weighted by Crippen LogP contribution is 2.19. The van der Waals surface area contributed by atoms with Crippen molar-refractivity contribution in [1.29, 1.82) is 0 Å². The van der Waals surface area contributed by atoms with E-state index in [1.54, 1.807) is 7.11 Å². The van der Waals surface area contributed by atoms with Gasteiger partial charge in [0.25, 0.3) is 0 Å². The summed E-state index contributed by atoms with van der Waals surface area (Å²) in [4.78, 5) is 2.07. The minimum Gasteiger partial charge on any atom is -0.389 e. The predicted molar refractivity (Wildman–Crippen MR) is 79.6 cm³/mol. The van der Waals surface area contributed by atoms with Crippen LogP contribution in [-0.4, -0.2) is 44.6 Å². The molecule has 1 aromatic rings. The predicted octanol–water partition coefficient (Wildman–Crippen LogP) is 1.63. The van der Waals surface area contributed by atoms with E-state index in [2.05, 4.69) is 36.2 Å². The van der Waals surface area contributed by atoms with Crippen LogP contribution in [0.15, 0.2) is 24.3 Å². The first-order valence-electron chi connectivity index (χ1n) is 6.74. The van der Waals surface area contributed by atoms with Crippen molar-refractivity contribution in [3.63, 3.8) is 0 Å². The summed E-state index contributed by atoms with van der Waals surface area (Å²) in [6.45, 7) is 6.02. The lowest BCUT2D eigenvalue weighted by atomic mass is 10.1. The number of ether oxygens (including phenoxy) is 1. The van der Waals surface area contributed by atoms with Gasteiger partial charge < -0.3 is 20.1 Å². The molecule has 108 valence electrons. The summed E-state index contributed by atoms with van der Waals surface area (Å²) in [7, 11) is 3.59. The van der Waals surface area contributed by atoms with E-state index in [0.29, 0.717) is 19.2 Å². The number of hydrogen-bond donors (Lipinski definition) is 2. The zero-order chi connectivity index (χ0) is 14.3. The van der Waals surface area contributed by atoms with Crippen LogP contribution in [0.5, 0.6) is 0 Å². The minimum atomic E-state index is -0.471. The number of nitrogens with one attached hydrogen (secondary N) is 1. The Morgan fingerprint density at radius 2 is 2.00 bits per heavy atom. The van der Waals surface area contributed by atoms with E-state index in [0.717, 1.165) is 12.2 Å². The van der Waals surface area contributed by atoms with Gasteiger partial charge in [-0.05, 0) is 11.6 Å². The number of likely N-dealkylation sites (N-methyl/N-ethyl adjacent to an activating group) is 1. The van der Waals surface area contributed by atoms with Gasteiger partial charge in [-0.3, -0.25) is 0 Å². The maximum absolute atomic E-state index is 9.81. The van der Waals surface area contributed by atoms with Gasteiger partial charge in [0.05, 0.1) is 12.7 Å². The minimum absolute atomic E-state index is 0.358. The number of hydrogen-bond acceptors (Lipinski definition) is 4. The molecular weight excluding hydrogens is 240 g/mol. The van der Waals surface area contributed by atoms with Crippen LogP contribution in [-0.2, 0) is 11.3 Å². The third-order valence-electron chi connectivity index (χ3n) is 2.95. The van der Waals surface area contributed by atoms with Crippen LogP contribution in [0.1, 0.15) is 19.4 Å². The van der Waals surface area contributed by atoms with Crippen LogP contribution in [0, 0.1) is 0 Å². The molecule has 1 unspecified atom stereocenters. The molecule has 0 saturated carbocycles. The topological polar surface area (TPSA) is 44.7 Å². The number of benzene rings is 1. The molecule has 0 aliphatic carbocycles. The highest BCUT2D eigenvalue weighted by Gasteiger charge is 2.11. The van der Waals surface area contributed by atoms with Crippen LogP contribution in [0.4, 0.5) is 5.69 Å². The largest absolute Gasteiger partial charge is 0.389 e. The number of aliphatic hydroxyl groups excluding tert-OH is 1. The molecular formula is C15H26N2O2. The van der Waals surface area contributed by atoms with Crippen molar-refractivity contribution in [1.82, 2.24) is 5.32 Å². The van der Waals surface area contributed by atoms with E-state index in [-0.39, 0.29) is 0 Å². The van der Waals surface area contributed by atoms with Gasteiger partial charge in [-0.15, -0.1) is 0 Å². The average molecular weight is 266 g/mol. The van der Waals surface area contributed by atoms with Crippen LogP contribution < -0.4 is 10.2 Å². The molecule has 0 amide bonds. The van der Waals surface area contributed by atoms with Crippen LogP contribution >= 0.6 is 0 Å². The Hall–Kier alpha value is -1.10. The fourth-order valence-electron chi connectivity index (χ4n) is 2.01. The van der Waals surface area contributed by atoms with Crippen molar-refractivity contribution >= 4 is 5.69 Å². The molecule has 0 bridgehead atoms. The standard InChI is InChI=1S/C15H26N2O2/c1-12(2)16-9-13-7-5-6-8-15(13)17(3)10-14(18)11-19-4/h5-8,12,14,16,18H,9-11H2,1-4H3. The highest BCUT2D eigenvalue weighted by molar-refractivity contribution is 5.53. The maximum Gasteiger partial charge on any atom is 0.0947 e. The lowest BCUT2D eigenvalue weighted by Gasteiger charge is -2.25. The molecule has 2 N–H and O–H groups in total. The third-order valence-corrected chi connectivity index (χ3v) is 2.95. The number of para-hydroxylation sites is 1. The summed E-state index contributed by atoms with van der Waals surface area (Å²) in [6, 6.07) is 8.71. The second-order valence-electron chi connectivity index (χ2n) is 5.15. The quantitative estimate of drug-likeness (QED) is 0.750. The monoisotopic (exact) mass is 266 g/mol. The van der Waals surface area contributed by atoms with Gasteiger partial charge in [0, 0.05) is 39.0 Å². The fourth-order valence-corrected chi connectivity index (χ4v) is 2.01. The molecule has 0 aliphatic rings. The first-order valence-corrected chi connectivity index (χ1v) is 6.74. The van der Waals surface area contributed by atoms with Crippen molar-refractivity contribution in [3.8, 4) is 0 Å². The number of rotatable bonds is 8. The molecule has 0 aromatic heterocycles. The normalized spacial score (nSPS) is 12.7. The Bertz CT molecular complexity index is 369. The van der Waals surface area contributed by atoms with Crippen molar-refractivity contribution in [2.24, 2.45) is 0 Å². The van der Waals surface area contributed by atoms with Crippen molar-refractivity contribution < 1.29 is 9.84 Å². The molecule has 0 aliphatic heterocycles. The van der Waals surface area contributed by atoms with Crippen molar-refractivity contribution in [3.05, 3.63) is 29.8 Å². The molecule has 0 saturated heterocycles.